The standard InChI is InChI=1S/C11H14BrNO2/c1-11(2,3)15-10(14)8-5-4-7(13)6-9(8)12/h4-6H,13H2,1-3H3. The summed E-state index contributed by atoms with van der Waals surface area (Å²) in [7, 11) is 0. The van der Waals surface area contributed by atoms with Crippen LogP contribution in [0.5, 0.6) is 0 Å². The number of halogens is 1. The van der Waals surface area contributed by atoms with Gasteiger partial charge in [-0.15, -0.1) is 0 Å². The van der Waals surface area contributed by atoms with Crippen LogP contribution in [0.3, 0.4) is 0 Å². The lowest BCUT2D eigenvalue weighted by Gasteiger charge is -2.19. The minimum atomic E-state index is -0.488. The second kappa shape index (κ2) is 4.23. The van der Waals surface area contributed by atoms with E-state index in [0.29, 0.717) is 15.7 Å². The zero-order chi connectivity index (χ0) is 11.6. The Kier molecular flexibility index (Phi) is 3.39. The molecule has 0 radical (unpaired) electrons. The summed E-state index contributed by atoms with van der Waals surface area (Å²) in [6.45, 7) is 5.49. The van der Waals surface area contributed by atoms with E-state index in [1.54, 1.807) is 18.2 Å². The van der Waals surface area contributed by atoms with Crippen LogP contribution in [-0.2, 0) is 4.74 Å². The van der Waals surface area contributed by atoms with E-state index in [9.17, 15) is 4.79 Å². The highest BCUT2D eigenvalue weighted by Gasteiger charge is 2.19. The maximum Gasteiger partial charge on any atom is 0.339 e. The Balaban J connectivity index is 2.92. The van der Waals surface area contributed by atoms with Gasteiger partial charge in [-0.1, -0.05) is 0 Å². The molecule has 0 heterocycles. The molecular formula is C11H14BrNO2. The van der Waals surface area contributed by atoms with Crippen LogP contribution in [0.25, 0.3) is 0 Å². The Bertz CT molecular complexity index is 383. The minimum Gasteiger partial charge on any atom is -0.456 e. The number of anilines is 1. The Morgan fingerprint density at radius 3 is 2.47 bits per heavy atom. The third-order valence-corrected chi connectivity index (χ3v) is 2.27. The molecule has 0 aliphatic rings. The smallest absolute Gasteiger partial charge is 0.339 e. The van der Waals surface area contributed by atoms with Crippen molar-refractivity contribution in [2.24, 2.45) is 0 Å². The Morgan fingerprint density at radius 1 is 1.40 bits per heavy atom. The number of hydrogen-bond donors (Lipinski definition) is 1. The maximum absolute atomic E-state index is 11.7. The molecule has 1 rings (SSSR count). The predicted molar refractivity (Wildman–Crippen MR) is 63.7 cm³/mol. The molecule has 1 aromatic carbocycles. The zero-order valence-electron chi connectivity index (χ0n) is 9.00. The van der Waals surface area contributed by atoms with Gasteiger partial charge in [-0.05, 0) is 54.9 Å². The van der Waals surface area contributed by atoms with Crippen LogP contribution >= 0.6 is 15.9 Å². The number of hydrogen-bond acceptors (Lipinski definition) is 3. The molecule has 0 spiro atoms. The summed E-state index contributed by atoms with van der Waals surface area (Å²) in [4.78, 5) is 11.7. The summed E-state index contributed by atoms with van der Waals surface area (Å²) < 4.78 is 5.88. The second-order valence-corrected chi connectivity index (χ2v) is 5.10. The van der Waals surface area contributed by atoms with E-state index in [1.165, 1.54) is 0 Å². The summed E-state index contributed by atoms with van der Waals surface area (Å²) in [6.07, 6.45) is 0. The van der Waals surface area contributed by atoms with Crippen molar-refractivity contribution in [1.29, 1.82) is 0 Å². The zero-order valence-corrected chi connectivity index (χ0v) is 10.6. The SMILES string of the molecule is CC(C)(C)OC(=O)c1ccc(N)cc1Br. The number of rotatable bonds is 1. The molecule has 0 saturated heterocycles. The van der Waals surface area contributed by atoms with Gasteiger partial charge in [0.2, 0.25) is 0 Å². The van der Waals surface area contributed by atoms with Crippen LogP contribution in [0.1, 0.15) is 31.1 Å². The molecule has 4 heteroatoms. The van der Waals surface area contributed by atoms with E-state index in [-0.39, 0.29) is 5.97 Å². The summed E-state index contributed by atoms with van der Waals surface area (Å²) in [6, 6.07) is 5.00. The van der Waals surface area contributed by atoms with Crippen LogP contribution in [0.4, 0.5) is 5.69 Å². The molecular weight excluding hydrogens is 258 g/mol. The van der Waals surface area contributed by atoms with E-state index >= 15 is 0 Å². The second-order valence-electron chi connectivity index (χ2n) is 4.24. The highest BCUT2D eigenvalue weighted by atomic mass is 79.9. The summed E-state index contributed by atoms with van der Waals surface area (Å²) in [5, 5.41) is 0. The highest BCUT2D eigenvalue weighted by Crippen LogP contribution is 2.22. The molecule has 0 aliphatic carbocycles. The third kappa shape index (κ3) is 3.55. The van der Waals surface area contributed by atoms with Crippen molar-refractivity contribution in [3.05, 3.63) is 28.2 Å². The van der Waals surface area contributed by atoms with Crippen molar-refractivity contribution in [2.45, 2.75) is 26.4 Å². The van der Waals surface area contributed by atoms with Crippen molar-refractivity contribution in [1.82, 2.24) is 0 Å². The van der Waals surface area contributed by atoms with Gasteiger partial charge in [-0.2, -0.15) is 0 Å². The van der Waals surface area contributed by atoms with Crippen LogP contribution in [-0.4, -0.2) is 11.6 Å². The van der Waals surface area contributed by atoms with Gasteiger partial charge in [0.05, 0.1) is 5.56 Å². The van der Waals surface area contributed by atoms with Crippen LogP contribution in [0.2, 0.25) is 0 Å². The Hall–Kier alpha value is -1.03. The largest absolute Gasteiger partial charge is 0.456 e. The van der Waals surface area contributed by atoms with Gasteiger partial charge in [0, 0.05) is 10.2 Å². The van der Waals surface area contributed by atoms with Gasteiger partial charge >= 0.3 is 5.97 Å². The average molecular weight is 272 g/mol. The molecule has 1 aromatic rings. The molecule has 0 amide bonds. The number of carbonyl (C=O) groups excluding carboxylic acids is 1. The molecule has 0 fully saturated rings. The number of ether oxygens (including phenoxy) is 1. The monoisotopic (exact) mass is 271 g/mol. The van der Waals surface area contributed by atoms with E-state index in [2.05, 4.69) is 15.9 Å². The molecule has 0 bridgehead atoms. The van der Waals surface area contributed by atoms with Gasteiger partial charge in [-0.3, -0.25) is 0 Å². The van der Waals surface area contributed by atoms with E-state index in [1.807, 2.05) is 20.8 Å². The first-order chi connectivity index (χ1) is 6.79. The van der Waals surface area contributed by atoms with Crippen LogP contribution in [0, 0.1) is 0 Å². The quantitative estimate of drug-likeness (QED) is 0.631. The third-order valence-electron chi connectivity index (χ3n) is 1.61. The first-order valence-electron chi connectivity index (χ1n) is 4.58. The maximum atomic E-state index is 11.7. The molecule has 15 heavy (non-hydrogen) atoms. The van der Waals surface area contributed by atoms with Crippen LogP contribution < -0.4 is 5.73 Å². The van der Waals surface area contributed by atoms with Gasteiger partial charge in [0.15, 0.2) is 0 Å². The fourth-order valence-electron chi connectivity index (χ4n) is 1.03. The predicted octanol–water partition coefficient (Wildman–Crippen LogP) is 2.99. The van der Waals surface area contributed by atoms with Crippen LogP contribution in [0.15, 0.2) is 22.7 Å². The van der Waals surface area contributed by atoms with Crippen molar-refractivity contribution in [3.63, 3.8) is 0 Å². The first-order valence-corrected chi connectivity index (χ1v) is 5.37. The van der Waals surface area contributed by atoms with Crippen molar-refractivity contribution >= 4 is 27.6 Å². The number of nitrogens with two attached hydrogens (primary N) is 1. The summed E-state index contributed by atoms with van der Waals surface area (Å²) in [5.41, 5.74) is 6.18. The number of esters is 1. The molecule has 0 atom stereocenters. The molecule has 0 unspecified atom stereocenters. The summed E-state index contributed by atoms with van der Waals surface area (Å²) >= 11 is 3.27. The molecule has 82 valence electrons. The van der Waals surface area contributed by atoms with Gasteiger partial charge in [-0.25, -0.2) is 4.79 Å². The molecule has 0 aliphatic heterocycles. The number of nitrogen functional groups attached to an aromatic ring is 1. The minimum absolute atomic E-state index is 0.352. The molecule has 0 aromatic heterocycles. The van der Waals surface area contributed by atoms with Gasteiger partial charge < -0.3 is 10.5 Å². The van der Waals surface area contributed by atoms with E-state index in [0.717, 1.165) is 0 Å². The molecule has 3 nitrogen and oxygen atoms in total. The highest BCUT2D eigenvalue weighted by molar-refractivity contribution is 9.10. The lowest BCUT2D eigenvalue weighted by Crippen LogP contribution is -2.24. The molecule has 2 N–H and O–H groups in total. The fourth-order valence-corrected chi connectivity index (χ4v) is 1.59. The van der Waals surface area contributed by atoms with E-state index < -0.39 is 5.60 Å². The lowest BCUT2D eigenvalue weighted by molar-refractivity contribution is 0.00685. The number of benzene rings is 1. The number of carbonyl (C=O) groups is 1. The average Bonchev–Trinajstić information content (AvgIpc) is 1.99. The lowest BCUT2D eigenvalue weighted by atomic mass is 10.1. The molecule has 0 saturated carbocycles. The Morgan fingerprint density at radius 2 is 2.00 bits per heavy atom. The van der Waals surface area contributed by atoms with Crippen molar-refractivity contribution in [3.8, 4) is 0 Å². The topological polar surface area (TPSA) is 52.3 Å². The van der Waals surface area contributed by atoms with Crippen molar-refractivity contribution < 1.29 is 9.53 Å². The normalized spacial score (nSPS) is 11.2. The van der Waals surface area contributed by atoms with Gasteiger partial charge in [0.1, 0.15) is 5.60 Å². The van der Waals surface area contributed by atoms with Crippen molar-refractivity contribution in [2.75, 3.05) is 5.73 Å². The van der Waals surface area contributed by atoms with Gasteiger partial charge in [0.25, 0.3) is 0 Å². The fraction of sp³-hybridized carbons (Fsp3) is 0.364. The summed E-state index contributed by atoms with van der Waals surface area (Å²) in [5.74, 6) is -0.352. The Labute approximate surface area is 97.7 Å². The van der Waals surface area contributed by atoms with E-state index in [4.69, 9.17) is 10.5 Å². The first kappa shape index (κ1) is 12.0.